The molecule has 7 nitrogen and oxygen atoms in total. The van der Waals surface area contributed by atoms with Gasteiger partial charge in [-0.15, -0.1) is 0 Å². The van der Waals surface area contributed by atoms with Crippen LogP contribution in [-0.2, 0) is 14.3 Å². The lowest BCUT2D eigenvalue weighted by Gasteiger charge is -2.25. The van der Waals surface area contributed by atoms with Gasteiger partial charge >= 0.3 is 0 Å². The average molecular weight is 446 g/mol. The summed E-state index contributed by atoms with van der Waals surface area (Å²) in [5.41, 5.74) is 0.899. The molecule has 1 amide bonds. The van der Waals surface area contributed by atoms with E-state index in [1.165, 1.54) is 19.1 Å². The van der Waals surface area contributed by atoms with Gasteiger partial charge in [0.25, 0.3) is 11.7 Å². The number of carbonyl (C=O) groups excluding carboxylic acids is 2. The third kappa shape index (κ3) is 4.52. The Bertz CT molecular complexity index is 1000. The molecule has 1 fully saturated rings. The number of carbonyl (C=O) groups is 2. The van der Waals surface area contributed by atoms with E-state index in [0.29, 0.717) is 35.1 Å². The Morgan fingerprint density at radius 3 is 2.39 bits per heavy atom. The molecule has 0 radical (unpaired) electrons. The second kappa shape index (κ2) is 9.85. The molecule has 1 N–H and O–H groups in total. The Morgan fingerprint density at radius 2 is 1.77 bits per heavy atom. The van der Waals surface area contributed by atoms with Crippen LogP contribution in [0.1, 0.15) is 23.6 Å². The lowest BCUT2D eigenvalue weighted by atomic mass is 9.95. The minimum atomic E-state index is -0.773. The first-order chi connectivity index (χ1) is 14.9. The SMILES string of the molecule is COCCCN1C(=O)C(=O)/C(=C(/O)c2cc(OC)ccc2OC)C1c1ccc(Cl)cc1. The van der Waals surface area contributed by atoms with Crippen molar-refractivity contribution in [3.8, 4) is 11.5 Å². The van der Waals surface area contributed by atoms with Crippen molar-refractivity contribution >= 4 is 29.1 Å². The largest absolute Gasteiger partial charge is 0.507 e. The first-order valence-electron chi connectivity index (χ1n) is 9.68. The van der Waals surface area contributed by atoms with Crippen molar-refractivity contribution < 1.29 is 28.9 Å². The highest BCUT2D eigenvalue weighted by Gasteiger charge is 2.46. The van der Waals surface area contributed by atoms with Crippen LogP contribution in [0.2, 0.25) is 5.02 Å². The first kappa shape index (κ1) is 22.7. The molecule has 1 unspecified atom stereocenters. The Hall–Kier alpha value is -3.03. The van der Waals surface area contributed by atoms with Crippen LogP contribution >= 0.6 is 11.6 Å². The zero-order valence-corrected chi connectivity index (χ0v) is 18.3. The quantitative estimate of drug-likeness (QED) is 0.288. The minimum absolute atomic E-state index is 0.0173. The van der Waals surface area contributed by atoms with Gasteiger partial charge in [-0.3, -0.25) is 9.59 Å². The average Bonchev–Trinajstić information content (AvgIpc) is 3.03. The number of amides is 1. The van der Waals surface area contributed by atoms with Crippen molar-refractivity contribution in [2.24, 2.45) is 0 Å². The second-order valence-electron chi connectivity index (χ2n) is 6.96. The lowest BCUT2D eigenvalue weighted by molar-refractivity contribution is -0.140. The van der Waals surface area contributed by atoms with Crippen molar-refractivity contribution in [2.75, 3.05) is 34.5 Å². The zero-order valence-electron chi connectivity index (χ0n) is 17.6. The summed E-state index contributed by atoms with van der Waals surface area (Å²) in [7, 11) is 4.52. The van der Waals surface area contributed by atoms with Crippen LogP contribution in [0.5, 0.6) is 11.5 Å². The highest BCUT2D eigenvalue weighted by molar-refractivity contribution is 6.46. The summed E-state index contributed by atoms with van der Waals surface area (Å²) in [6.07, 6.45) is 0.538. The summed E-state index contributed by atoms with van der Waals surface area (Å²) in [5.74, 6) is -0.957. The zero-order chi connectivity index (χ0) is 22.5. The standard InChI is InChI=1S/C23H24ClNO6/c1-29-12-4-11-25-20(14-5-7-15(24)8-6-14)19(22(27)23(25)28)21(26)17-13-16(30-2)9-10-18(17)31-3/h5-10,13,20,26H,4,11-12H2,1-3H3/b21-19+. The molecule has 0 spiro atoms. The second-order valence-corrected chi connectivity index (χ2v) is 7.39. The number of hydrogen-bond acceptors (Lipinski definition) is 6. The van der Waals surface area contributed by atoms with E-state index in [2.05, 4.69) is 0 Å². The number of likely N-dealkylation sites (tertiary alicyclic amines) is 1. The maximum Gasteiger partial charge on any atom is 0.295 e. The third-order valence-electron chi connectivity index (χ3n) is 5.13. The Morgan fingerprint density at radius 1 is 1.06 bits per heavy atom. The Balaban J connectivity index is 2.18. The molecular formula is C23H24ClNO6. The summed E-state index contributed by atoms with van der Waals surface area (Å²) in [5, 5.41) is 11.7. The van der Waals surface area contributed by atoms with Crippen LogP contribution in [0.3, 0.4) is 0 Å². The van der Waals surface area contributed by atoms with Crippen molar-refractivity contribution in [1.82, 2.24) is 4.90 Å². The fourth-order valence-corrected chi connectivity index (χ4v) is 3.75. The molecule has 1 aliphatic heterocycles. The number of benzene rings is 2. The molecular weight excluding hydrogens is 422 g/mol. The van der Waals surface area contributed by atoms with Crippen LogP contribution in [-0.4, -0.2) is 56.2 Å². The van der Waals surface area contributed by atoms with Gasteiger partial charge in [0.05, 0.1) is 31.4 Å². The number of halogens is 1. The molecule has 1 atom stereocenters. The maximum absolute atomic E-state index is 13.0. The van der Waals surface area contributed by atoms with E-state index in [-0.39, 0.29) is 23.4 Å². The van der Waals surface area contributed by atoms with Crippen LogP contribution in [0, 0.1) is 0 Å². The number of ketones is 1. The van der Waals surface area contributed by atoms with E-state index in [0.717, 1.165) is 0 Å². The predicted octanol–water partition coefficient (Wildman–Crippen LogP) is 3.82. The van der Waals surface area contributed by atoms with Crippen molar-refractivity contribution in [2.45, 2.75) is 12.5 Å². The summed E-state index contributed by atoms with van der Waals surface area (Å²) in [4.78, 5) is 27.4. The van der Waals surface area contributed by atoms with E-state index in [9.17, 15) is 14.7 Å². The number of rotatable bonds is 8. The first-order valence-corrected chi connectivity index (χ1v) is 10.1. The molecule has 0 saturated carbocycles. The summed E-state index contributed by atoms with van der Waals surface area (Å²) < 4.78 is 15.7. The van der Waals surface area contributed by atoms with E-state index >= 15 is 0 Å². The third-order valence-corrected chi connectivity index (χ3v) is 5.39. The number of nitrogens with zero attached hydrogens (tertiary/aromatic N) is 1. The molecule has 31 heavy (non-hydrogen) atoms. The van der Waals surface area contributed by atoms with Gasteiger partial charge in [0.2, 0.25) is 0 Å². The van der Waals surface area contributed by atoms with Gasteiger partial charge in [-0.2, -0.15) is 0 Å². The van der Waals surface area contributed by atoms with Crippen LogP contribution in [0.4, 0.5) is 0 Å². The van der Waals surface area contributed by atoms with Crippen molar-refractivity contribution in [3.63, 3.8) is 0 Å². The highest BCUT2D eigenvalue weighted by atomic mass is 35.5. The van der Waals surface area contributed by atoms with Crippen molar-refractivity contribution in [1.29, 1.82) is 0 Å². The lowest BCUT2D eigenvalue weighted by Crippen LogP contribution is -2.31. The highest BCUT2D eigenvalue weighted by Crippen LogP contribution is 2.41. The Kier molecular flexibility index (Phi) is 7.20. The number of aliphatic hydroxyl groups is 1. The fraction of sp³-hybridized carbons (Fsp3) is 0.304. The fourth-order valence-electron chi connectivity index (χ4n) is 3.63. The van der Waals surface area contributed by atoms with Gasteiger partial charge in [-0.05, 0) is 42.3 Å². The summed E-state index contributed by atoms with van der Waals surface area (Å²) in [6.45, 7) is 0.720. The molecule has 2 aromatic rings. The van der Waals surface area contributed by atoms with E-state index in [1.54, 1.807) is 49.6 Å². The number of Topliss-reactive ketones (excluding diaryl/α,β-unsaturated/α-hetero) is 1. The van der Waals surface area contributed by atoms with Crippen LogP contribution in [0.25, 0.3) is 5.76 Å². The number of aliphatic hydroxyl groups excluding tert-OH is 1. The van der Waals surface area contributed by atoms with Crippen LogP contribution in [0.15, 0.2) is 48.0 Å². The molecule has 8 heteroatoms. The predicted molar refractivity (Wildman–Crippen MR) is 117 cm³/mol. The van der Waals surface area contributed by atoms with Gasteiger partial charge < -0.3 is 24.2 Å². The van der Waals surface area contributed by atoms with Gasteiger partial charge in [0.1, 0.15) is 17.3 Å². The number of ether oxygens (including phenoxy) is 3. The smallest absolute Gasteiger partial charge is 0.295 e. The minimum Gasteiger partial charge on any atom is -0.507 e. The number of methoxy groups -OCH3 is 3. The molecule has 164 valence electrons. The normalized spacial score (nSPS) is 17.8. The van der Waals surface area contributed by atoms with Gasteiger partial charge in [-0.1, -0.05) is 23.7 Å². The molecule has 0 bridgehead atoms. The molecule has 2 aromatic carbocycles. The van der Waals surface area contributed by atoms with E-state index < -0.39 is 17.7 Å². The maximum atomic E-state index is 13.0. The van der Waals surface area contributed by atoms with Gasteiger partial charge in [-0.25, -0.2) is 0 Å². The molecule has 1 aliphatic rings. The monoisotopic (exact) mass is 445 g/mol. The summed E-state index contributed by atoms with van der Waals surface area (Å²) in [6, 6.07) is 10.9. The molecule has 1 saturated heterocycles. The summed E-state index contributed by atoms with van der Waals surface area (Å²) >= 11 is 6.03. The number of hydrogen-bond donors (Lipinski definition) is 1. The molecule has 1 heterocycles. The molecule has 0 aliphatic carbocycles. The molecule has 0 aromatic heterocycles. The molecule has 3 rings (SSSR count). The topological polar surface area (TPSA) is 85.3 Å². The van der Waals surface area contributed by atoms with Crippen LogP contribution < -0.4 is 9.47 Å². The van der Waals surface area contributed by atoms with E-state index in [1.807, 2.05) is 0 Å². The van der Waals surface area contributed by atoms with Crippen molar-refractivity contribution in [3.05, 3.63) is 64.2 Å². The van der Waals surface area contributed by atoms with E-state index in [4.69, 9.17) is 25.8 Å². The Labute approximate surface area is 185 Å². The van der Waals surface area contributed by atoms with Gasteiger partial charge in [0.15, 0.2) is 0 Å². The van der Waals surface area contributed by atoms with Gasteiger partial charge in [0, 0.05) is 25.3 Å².